The van der Waals surface area contributed by atoms with Gasteiger partial charge in [0, 0.05) is 22.6 Å². The van der Waals surface area contributed by atoms with Crippen molar-refractivity contribution in [1.29, 1.82) is 0 Å². The molecule has 3 nitrogen and oxygen atoms in total. The smallest absolute Gasteiger partial charge is 0.257 e. The van der Waals surface area contributed by atoms with Crippen LogP contribution in [0.15, 0.2) is 30.5 Å². The number of carbonyl (C=O) groups is 1. The summed E-state index contributed by atoms with van der Waals surface area (Å²) in [6, 6.07) is 7.14. The Morgan fingerprint density at radius 3 is 2.65 bits per heavy atom. The first kappa shape index (κ1) is 11.7. The maximum Gasteiger partial charge on any atom is 0.257 e. The van der Waals surface area contributed by atoms with Gasteiger partial charge in [-0.15, -0.1) is 0 Å². The van der Waals surface area contributed by atoms with Crippen molar-refractivity contribution in [3.05, 3.63) is 52.3 Å². The molecule has 1 aromatic carbocycles. The number of aromatic nitrogens is 1. The number of amides is 1. The summed E-state index contributed by atoms with van der Waals surface area (Å²) in [7, 11) is 0. The second-order valence-corrected chi connectivity index (χ2v) is 4.37. The number of hydrogen-bond acceptors (Lipinski definition) is 1. The quantitative estimate of drug-likeness (QED) is 0.839. The molecule has 0 aliphatic carbocycles. The van der Waals surface area contributed by atoms with E-state index in [1.54, 1.807) is 24.4 Å². The average molecular weight is 249 g/mol. The summed E-state index contributed by atoms with van der Waals surface area (Å²) in [5.41, 5.74) is 3.23. The number of halogens is 1. The molecule has 0 fully saturated rings. The fraction of sp³-hybridized carbons (Fsp3) is 0.154. The summed E-state index contributed by atoms with van der Waals surface area (Å²) in [4.78, 5) is 14.9. The fourth-order valence-electron chi connectivity index (χ4n) is 1.66. The number of carbonyl (C=O) groups excluding carboxylic acids is 1. The summed E-state index contributed by atoms with van der Waals surface area (Å²) in [6.07, 6.45) is 1.75. The number of hydrogen-bond donors (Lipinski definition) is 2. The van der Waals surface area contributed by atoms with E-state index in [2.05, 4.69) is 10.3 Å². The second kappa shape index (κ2) is 4.63. The minimum Gasteiger partial charge on any atom is -0.365 e. The Kier molecular flexibility index (Phi) is 3.20. The van der Waals surface area contributed by atoms with Crippen molar-refractivity contribution in [3.8, 4) is 0 Å². The van der Waals surface area contributed by atoms with Gasteiger partial charge >= 0.3 is 0 Å². The lowest BCUT2D eigenvalue weighted by Crippen LogP contribution is -2.13. The van der Waals surface area contributed by atoms with Crippen molar-refractivity contribution in [2.75, 3.05) is 5.32 Å². The first-order valence-electron chi connectivity index (χ1n) is 5.29. The van der Waals surface area contributed by atoms with Gasteiger partial charge in [0.05, 0.1) is 5.56 Å². The third kappa shape index (κ3) is 2.50. The Balaban J connectivity index is 2.22. The minimum atomic E-state index is -0.117. The van der Waals surface area contributed by atoms with Crippen molar-refractivity contribution >= 4 is 23.2 Å². The minimum absolute atomic E-state index is 0.117. The highest BCUT2D eigenvalue weighted by Gasteiger charge is 2.10. The molecule has 0 atom stereocenters. The predicted molar refractivity (Wildman–Crippen MR) is 69.7 cm³/mol. The van der Waals surface area contributed by atoms with Crippen molar-refractivity contribution < 1.29 is 4.79 Å². The Labute approximate surface area is 105 Å². The fourth-order valence-corrected chi connectivity index (χ4v) is 1.88. The summed E-state index contributed by atoms with van der Waals surface area (Å²) in [5, 5.41) is 3.53. The van der Waals surface area contributed by atoms with E-state index >= 15 is 0 Å². The molecule has 0 saturated heterocycles. The maximum atomic E-state index is 12.0. The molecule has 88 valence electrons. The molecule has 2 aromatic rings. The molecular weight excluding hydrogens is 236 g/mol. The Morgan fingerprint density at radius 1 is 1.29 bits per heavy atom. The summed E-state index contributed by atoms with van der Waals surface area (Å²) in [5.74, 6) is -0.117. The van der Waals surface area contributed by atoms with Gasteiger partial charge in [-0.05, 0) is 43.7 Å². The number of aromatic amines is 1. The summed E-state index contributed by atoms with van der Waals surface area (Å²) < 4.78 is 0. The van der Waals surface area contributed by atoms with Crippen LogP contribution in [0, 0.1) is 13.8 Å². The molecule has 0 bridgehead atoms. The molecule has 0 unspecified atom stereocenters. The third-order valence-corrected chi connectivity index (χ3v) is 2.87. The molecular formula is C13H13ClN2O. The lowest BCUT2D eigenvalue weighted by Gasteiger charge is -2.08. The second-order valence-electron chi connectivity index (χ2n) is 3.93. The van der Waals surface area contributed by atoms with Crippen molar-refractivity contribution in [1.82, 2.24) is 4.98 Å². The first-order valence-corrected chi connectivity index (χ1v) is 5.67. The molecule has 0 aliphatic heterocycles. The van der Waals surface area contributed by atoms with Gasteiger partial charge in [-0.1, -0.05) is 11.6 Å². The molecule has 2 N–H and O–H groups in total. The van der Waals surface area contributed by atoms with E-state index in [-0.39, 0.29) is 5.91 Å². The number of nitrogens with one attached hydrogen (secondary N) is 2. The van der Waals surface area contributed by atoms with Gasteiger partial charge in [-0.2, -0.15) is 0 Å². The first-order chi connectivity index (χ1) is 8.08. The molecule has 1 aromatic heterocycles. The van der Waals surface area contributed by atoms with Crippen LogP contribution in [0.25, 0.3) is 0 Å². The summed E-state index contributed by atoms with van der Waals surface area (Å²) in [6.45, 7) is 3.77. The van der Waals surface area contributed by atoms with Crippen LogP contribution in [0.1, 0.15) is 21.6 Å². The van der Waals surface area contributed by atoms with Crippen molar-refractivity contribution in [2.24, 2.45) is 0 Å². The topological polar surface area (TPSA) is 44.9 Å². The van der Waals surface area contributed by atoms with E-state index in [0.29, 0.717) is 10.6 Å². The lowest BCUT2D eigenvalue weighted by atomic mass is 10.2. The predicted octanol–water partition coefficient (Wildman–Crippen LogP) is 3.54. The van der Waals surface area contributed by atoms with E-state index in [9.17, 15) is 4.79 Å². The van der Waals surface area contributed by atoms with Crippen LogP contribution in [-0.2, 0) is 0 Å². The highest BCUT2D eigenvalue weighted by atomic mass is 35.5. The third-order valence-electron chi connectivity index (χ3n) is 2.64. The van der Waals surface area contributed by atoms with Crippen LogP contribution in [0.4, 0.5) is 5.69 Å². The summed E-state index contributed by atoms with van der Waals surface area (Å²) >= 11 is 5.86. The molecule has 2 rings (SSSR count). The number of H-pyrrole nitrogens is 1. The van der Waals surface area contributed by atoms with Crippen molar-refractivity contribution in [3.63, 3.8) is 0 Å². The molecule has 0 radical (unpaired) electrons. The number of anilines is 1. The Morgan fingerprint density at radius 2 is 2.06 bits per heavy atom. The zero-order chi connectivity index (χ0) is 12.4. The van der Waals surface area contributed by atoms with Gasteiger partial charge in [-0.3, -0.25) is 4.79 Å². The van der Waals surface area contributed by atoms with Gasteiger partial charge in [0.2, 0.25) is 0 Å². The van der Waals surface area contributed by atoms with Crippen LogP contribution >= 0.6 is 11.6 Å². The van der Waals surface area contributed by atoms with Crippen LogP contribution in [0.3, 0.4) is 0 Å². The van der Waals surface area contributed by atoms with Crippen LogP contribution in [-0.4, -0.2) is 10.9 Å². The van der Waals surface area contributed by atoms with E-state index in [4.69, 9.17) is 11.6 Å². The largest absolute Gasteiger partial charge is 0.365 e. The van der Waals surface area contributed by atoms with Gasteiger partial charge in [0.1, 0.15) is 0 Å². The van der Waals surface area contributed by atoms with Gasteiger partial charge in [0.25, 0.3) is 5.91 Å². The number of aryl methyl sites for hydroxylation is 2. The van der Waals surface area contributed by atoms with Gasteiger partial charge in [0.15, 0.2) is 0 Å². The molecule has 1 heterocycles. The zero-order valence-electron chi connectivity index (χ0n) is 9.67. The van der Waals surface area contributed by atoms with Crippen LogP contribution in [0.5, 0.6) is 0 Å². The molecule has 17 heavy (non-hydrogen) atoms. The molecule has 0 aliphatic rings. The lowest BCUT2D eigenvalue weighted by molar-refractivity contribution is 0.102. The monoisotopic (exact) mass is 248 g/mol. The average Bonchev–Trinajstić information content (AvgIpc) is 2.68. The molecule has 0 spiro atoms. The highest BCUT2D eigenvalue weighted by Crippen LogP contribution is 2.20. The van der Waals surface area contributed by atoms with E-state index in [1.807, 2.05) is 19.9 Å². The van der Waals surface area contributed by atoms with E-state index < -0.39 is 0 Å². The Bertz CT molecular complexity index is 560. The Hall–Kier alpha value is -1.74. The molecule has 0 saturated carbocycles. The van der Waals surface area contributed by atoms with Gasteiger partial charge < -0.3 is 10.3 Å². The normalized spacial score (nSPS) is 10.3. The van der Waals surface area contributed by atoms with Gasteiger partial charge in [-0.25, -0.2) is 0 Å². The van der Waals surface area contributed by atoms with Crippen molar-refractivity contribution in [2.45, 2.75) is 13.8 Å². The van der Waals surface area contributed by atoms with Crippen LogP contribution in [0.2, 0.25) is 5.02 Å². The van der Waals surface area contributed by atoms with E-state index in [0.717, 1.165) is 16.9 Å². The number of rotatable bonds is 2. The van der Waals surface area contributed by atoms with E-state index in [1.165, 1.54) is 0 Å². The highest BCUT2D eigenvalue weighted by molar-refractivity contribution is 6.30. The number of benzene rings is 1. The van der Waals surface area contributed by atoms with Crippen LogP contribution < -0.4 is 5.32 Å². The molecule has 1 amide bonds. The standard InChI is InChI=1S/C13H13ClN2O/c1-8-7-10(14)3-4-12(8)16-13(17)11-5-6-15-9(11)2/h3-7,15H,1-2H3,(H,16,17). The maximum absolute atomic E-state index is 12.0. The zero-order valence-corrected chi connectivity index (χ0v) is 10.4. The SMILES string of the molecule is Cc1cc(Cl)ccc1NC(=O)c1cc[nH]c1C. The molecule has 4 heteroatoms.